The van der Waals surface area contributed by atoms with Crippen LogP contribution in [0, 0.1) is 22.7 Å². The Morgan fingerprint density at radius 1 is 0.796 bits per heavy atom. The van der Waals surface area contributed by atoms with Crippen LogP contribution in [0.4, 0.5) is 27.7 Å². The number of imide groups is 1. The van der Waals surface area contributed by atoms with E-state index in [9.17, 15) is 48.7 Å². The fourth-order valence-corrected chi connectivity index (χ4v) is 16.5. The Morgan fingerprint density at radius 3 is 2.22 bits per heavy atom. The number of carbonyl (C=O) groups excluding carboxylic acids is 8. The number of hydrogen-bond donors (Lipinski definition) is 7. The highest BCUT2D eigenvalue weighted by Gasteiger charge is 2.53. The molecule has 598 valence electrons. The third-order valence-electron chi connectivity index (χ3n) is 23.0. The number of amides is 9. The van der Waals surface area contributed by atoms with Gasteiger partial charge in [-0.15, -0.1) is 10.2 Å². The molecule has 113 heavy (non-hydrogen) atoms. The number of likely N-dealkylation sites (tertiary alicyclic amines) is 2. The summed E-state index contributed by atoms with van der Waals surface area (Å²) in [6.45, 7) is 10.4. The zero-order valence-corrected chi connectivity index (χ0v) is 64.1. The summed E-state index contributed by atoms with van der Waals surface area (Å²) < 4.78 is 31.4. The third-order valence-corrected chi connectivity index (χ3v) is 23.0. The van der Waals surface area contributed by atoms with Crippen molar-refractivity contribution in [2.24, 2.45) is 22.8 Å². The quantitative estimate of drug-likeness (QED) is 0.0122. The van der Waals surface area contributed by atoms with Gasteiger partial charge < -0.3 is 81.3 Å². The van der Waals surface area contributed by atoms with Crippen LogP contribution in [0.5, 0.6) is 17.5 Å². The van der Waals surface area contributed by atoms with Crippen LogP contribution in [-0.4, -0.2) is 207 Å². The van der Waals surface area contributed by atoms with E-state index in [1.807, 2.05) is 69.4 Å². The van der Waals surface area contributed by atoms with E-state index in [1.165, 1.54) is 22.0 Å². The number of nitrogens with one attached hydrogen (secondary N) is 3. The van der Waals surface area contributed by atoms with E-state index in [0.29, 0.717) is 92.1 Å². The smallest absolute Gasteiger partial charge is 0.312 e. The van der Waals surface area contributed by atoms with E-state index >= 15 is 0 Å². The number of nitriles is 1. The zero-order valence-electron chi connectivity index (χ0n) is 64.1. The molecule has 0 radical (unpaired) electrons. The number of fused-ring (bicyclic) bond motifs is 2. The maximum atomic E-state index is 14.5. The second kappa shape index (κ2) is 36.1. The summed E-state index contributed by atoms with van der Waals surface area (Å²) in [5, 5.41) is 41.6. The van der Waals surface area contributed by atoms with Crippen molar-refractivity contribution < 1.29 is 66.9 Å². The molecule has 2 saturated carbocycles. The van der Waals surface area contributed by atoms with Gasteiger partial charge in [-0.3, -0.25) is 43.4 Å². The highest BCUT2D eigenvalue weighted by Crippen LogP contribution is 2.45. The number of aliphatic hydroxyl groups excluding tert-OH is 1. The third kappa shape index (κ3) is 18.9. The molecular weight excluding hydrogens is 1450 g/mol. The number of anilines is 4. The van der Waals surface area contributed by atoms with Gasteiger partial charge in [-0.2, -0.15) is 5.26 Å². The number of nitrogens with two attached hydrogens (primary N) is 3. The summed E-state index contributed by atoms with van der Waals surface area (Å²) in [7, 11) is 0. The molecule has 6 fully saturated rings. The molecule has 2 aliphatic carbocycles. The van der Waals surface area contributed by atoms with Gasteiger partial charge in [0.05, 0.1) is 47.4 Å². The molecule has 5 aliphatic heterocycles. The van der Waals surface area contributed by atoms with Crippen molar-refractivity contribution in [3.05, 3.63) is 138 Å². The number of urea groups is 1. The number of pyridine rings is 1. The number of rotatable bonds is 35. The second-order valence-electron chi connectivity index (χ2n) is 31.0. The molecule has 7 aliphatic rings. The standard InChI is InChI=1S/C82H101N17O14/c1-50(2)74(78(105)98-48-59(100)40-67(98)77(104)89-51(3)54-18-14-52(45-83)15-19-54)69-44-71(93-113-69)109-38-37-94-35-27-60(28-36-94)111-61-41-62(42-61)112-70-39-56(26-32-87-70)99-57-22-23-58(99)47-95(46-57)66-43-64(91-92-75(66)84)63-11-5-6-13-68(63)110-49-53-16-20-55(21-17-53)90-76(103)65(12-9-31-88-81(86)108)96(80(107)82(79(85)106)29-10-30-82)33-7-4-8-34-97-72(101)24-25-73(97)102/h5-6,11,13-21,24-26,32,39,43-44,50-51,57-62,65,67,74,100H,4,7-10,12,22-23,27-31,33-38,40-42,46-49H2,1-3H3,(H2,84,92)(H2,85,106)(H,89,104)(H,90,103)(H3,86,88,108)/t51-,57?,58?,59-,61?,62?,65+,67+,74-/m1/s1. The molecule has 2 bridgehead atoms. The summed E-state index contributed by atoms with van der Waals surface area (Å²) in [5.41, 5.74) is 22.1. The number of piperazine rings is 1. The lowest BCUT2D eigenvalue weighted by Crippen LogP contribution is -2.59. The second-order valence-corrected chi connectivity index (χ2v) is 31.0. The Morgan fingerprint density at radius 2 is 1.53 bits per heavy atom. The molecule has 3 aromatic carbocycles. The van der Waals surface area contributed by atoms with Gasteiger partial charge in [-0.25, -0.2) is 9.78 Å². The van der Waals surface area contributed by atoms with Gasteiger partial charge in [0.1, 0.15) is 48.5 Å². The highest BCUT2D eigenvalue weighted by molar-refractivity contribution is 6.13. The molecular formula is C82H101N17O14. The average Bonchev–Trinajstić information content (AvgIpc) is 1.64. The molecule has 3 aromatic heterocycles. The largest absolute Gasteiger partial charge is 0.488 e. The zero-order chi connectivity index (χ0) is 79.5. The van der Waals surface area contributed by atoms with Crippen LogP contribution in [0.25, 0.3) is 11.3 Å². The van der Waals surface area contributed by atoms with Crippen LogP contribution in [0.2, 0.25) is 0 Å². The normalized spacial score (nSPS) is 21.4. The van der Waals surface area contributed by atoms with E-state index in [-0.39, 0.29) is 131 Å². The molecule has 4 saturated heterocycles. The van der Waals surface area contributed by atoms with E-state index in [2.05, 4.69) is 69.2 Å². The Bertz CT molecular complexity index is 4450. The van der Waals surface area contributed by atoms with E-state index in [0.717, 1.165) is 84.6 Å². The Labute approximate surface area is 656 Å². The molecule has 6 aromatic rings. The Balaban J connectivity index is 0.549. The number of para-hydroxylation sites is 1. The fraction of sp³-hybridized carbons (Fsp3) is 0.500. The average molecular weight is 1550 g/mol. The molecule has 7 atom stereocenters. The number of aliphatic hydroxyl groups is 1. The molecule has 31 heteroatoms. The van der Waals surface area contributed by atoms with Gasteiger partial charge >= 0.3 is 6.03 Å². The predicted molar refractivity (Wildman–Crippen MR) is 416 cm³/mol. The molecule has 13 rings (SSSR count). The number of β-amino-alcohol motifs (C(OH)–C–C–N with tert-alkyl or cyclic N) is 1. The molecule has 10 N–H and O–H groups in total. The first-order chi connectivity index (χ1) is 54.6. The highest BCUT2D eigenvalue weighted by atomic mass is 16.5. The maximum absolute atomic E-state index is 14.5. The summed E-state index contributed by atoms with van der Waals surface area (Å²) in [6, 6.07) is 28.8. The van der Waals surface area contributed by atoms with Crippen molar-refractivity contribution in [2.75, 3.05) is 86.4 Å². The summed E-state index contributed by atoms with van der Waals surface area (Å²) in [5.74, 6) is -2.18. The van der Waals surface area contributed by atoms with Gasteiger partial charge in [0.2, 0.25) is 35.4 Å². The number of unbranched alkanes of at least 4 members (excludes halogenated alkanes) is 2. The van der Waals surface area contributed by atoms with Gasteiger partial charge in [0.25, 0.3) is 17.7 Å². The number of nitrogens with zero attached hydrogens (tertiary/aromatic N) is 11. The number of benzene rings is 3. The number of aromatic nitrogens is 4. The van der Waals surface area contributed by atoms with Crippen molar-refractivity contribution >= 4 is 70.3 Å². The minimum absolute atomic E-state index is 0.00966. The Kier molecular flexibility index (Phi) is 25.5. The number of primary amides is 2. The lowest BCUT2D eigenvalue weighted by atomic mass is 9.67. The van der Waals surface area contributed by atoms with Crippen LogP contribution in [-0.2, 0) is 44.9 Å². The van der Waals surface area contributed by atoms with Gasteiger partial charge in [-0.05, 0) is 148 Å². The first-order valence-electron chi connectivity index (χ1n) is 39.4. The number of carbonyl (C=O) groups is 8. The van der Waals surface area contributed by atoms with Crippen molar-refractivity contribution in [3.8, 4) is 34.8 Å². The molecule has 31 nitrogen and oxygen atoms in total. The Hall–Kier alpha value is -11.2. The fourth-order valence-electron chi connectivity index (χ4n) is 16.5. The minimum atomic E-state index is -1.46. The van der Waals surface area contributed by atoms with Crippen molar-refractivity contribution in [1.82, 2.24) is 50.6 Å². The predicted octanol–water partition coefficient (Wildman–Crippen LogP) is 6.80. The van der Waals surface area contributed by atoms with Crippen molar-refractivity contribution in [2.45, 2.75) is 184 Å². The van der Waals surface area contributed by atoms with Crippen LogP contribution >= 0.6 is 0 Å². The minimum Gasteiger partial charge on any atom is -0.488 e. The summed E-state index contributed by atoms with van der Waals surface area (Å²) in [6.07, 6.45) is 11.9. The lowest BCUT2D eigenvalue weighted by molar-refractivity contribution is -0.159. The lowest BCUT2D eigenvalue weighted by Gasteiger charge is -2.43. The van der Waals surface area contributed by atoms with Crippen LogP contribution in [0.3, 0.4) is 0 Å². The van der Waals surface area contributed by atoms with Gasteiger partial charge in [0, 0.05) is 138 Å². The topological polar surface area (TPSA) is 416 Å². The van der Waals surface area contributed by atoms with Crippen molar-refractivity contribution in [1.29, 1.82) is 5.26 Å². The van der Waals surface area contributed by atoms with E-state index in [1.54, 1.807) is 42.5 Å². The van der Waals surface area contributed by atoms with Crippen LogP contribution < -0.4 is 57.2 Å². The monoisotopic (exact) mass is 1550 g/mol. The molecule has 9 amide bonds. The van der Waals surface area contributed by atoms with Crippen LogP contribution in [0.1, 0.15) is 151 Å². The summed E-state index contributed by atoms with van der Waals surface area (Å²) in [4.78, 5) is 121. The maximum Gasteiger partial charge on any atom is 0.312 e. The number of ether oxygens (including phenoxy) is 4. The van der Waals surface area contributed by atoms with Gasteiger partial charge in [-0.1, -0.05) is 56.7 Å². The first kappa shape index (κ1) is 79.8. The molecule has 2 unspecified atom stereocenters. The molecule has 0 spiro atoms. The van der Waals surface area contributed by atoms with Crippen molar-refractivity contribution in [3.63, 3.8) is 0 Å². The van der Waals surface area contributed by atoms with Crippen LogP contribution in [0.15, 0.2) is 120 Å². The number of nitrogen functional groups attached to an aromatic ring is 1. The van der Waals surface area contributed by atoms with E-state index in [4.69, 9.17) is 40.7 Å². The first-order valence-corrected chi connectivity index (χ1v) is 39.4. The SMILES string of the molecule is CC(C)[C@@H](C(=O)N1C[C@H](O)C[C@H]1C(=O)N[C@H](C)c1ccc(C#N)cc1)c1cc(OCCN2CCC(OC3CC(Oc4cc(N5C6CCC5CN(c5cc(-c7ccccc7OCc7ccc(NC(=O)[C@H](CCCNC(N)=O)N(CCCCCN8C(=O)C=CC8=O)C(=O)C8(C(N)=O)CCC8)cc7)nnc5N)C6)ccn4)C3)CC2)no1. The molecule has 8 heterocycles. The van der Waals surface area contributed by atoms with E-state index < -0.39 is 59.3 Å². The number of piperidine rings is 1. The number of hydrogen-bond acceptors (Lipinski definition) is 23. The van der Waals surface area contributed by atoms with Gasteiger partial charge in [0.15, 0.2) is 11.6 Å². The summed E-state index contributed by atoms with van der Waals surface area (Å²) >= 11 is 0.